The zero-order valence-electron chi connectivity index (χ0n) is 14.9. The number of esters is 1. The van der Waals surface area contributed by atoms with Crippen molar-refractivity contribution >= 4 is 23.4 Å². The normalized spacial score (nSPS) is 10.3. The first-order chi connectivity index (χ1) is 13.7. The van der Waals surface area contributed by atoms with Crippen LogP contribution in [0.25, 0.3) is 0 Å². The topological polar surface area (TPSA) is 143 Å². The number of nitrogens with zero attached hydrogens (tertiary/aromatic N) is 1. The lowest BCUT2D eigenvalue weighted by Crippen LogP contribution is -2.19. The molecule has 0 aliphatic carbocycles. The molecule has 0 aliphatic rings. The lowest BCUT2D eigenvalue weighted by molar-refractivity contribution is -0.386. The number of carbonyl (C=O) groups is 2. The van der Waals surface area contributed by atoms with Crippen LogP contribution in [0.4, 0.5) is 25.0 Å². The van der Waals surface area contributed by atoms with Crippen molar-refractivity contribution in [3.05, 3.63) is 57.6 Å². The van der Waals surface area contributed by atoms with Gasteiger partial charge in [-0.3, -0.25) is 10.1 Å². The first-order valence-electron chi connectivity index (χ1n) is 7.85. The summed E-state index contributed by atoms with van der Waals surface area (Å²) in [5, 5.41) is 13.5. The molecule has 12 heteroatoms. The van der Waals surface area contributed by atoms with E-state index in [9.17, 15) is 28.5 Å². The molecule has 0 unspecified atom stereocenters. The molecule has 2 amide bonds. The molecule has 10 nitrogen and oxygen atoms in total. The Bertz CT molecular complexity index is 920. The molecule has 0 spiro atoms. The van der Waals surface area contributed by atoms with E-state index in [0.29, 0.717) is 5.69 Å². The van der Waals surface area contributed by atoms with E-state index in [1.165, 1.54) is 24.3 Å². The van der Waals surface area contributed by atoms with Gasteiger partial charge in [0.15, 0.2) is 11.5 Å². The summed E-state index contributed by atoms with van der Waals surface area (Å²) in [6.07, 6.45) is 0. The van der Waals surface area contributed by atoms with Gasteiger partial charge in [-0.15, -0.1) is 0 Å². The fourth-order valence-corrected chi connectivity index (χ4v) is 2.28. The number of primary amides is 1. The third-order valence-corrected chi connectivity index (χ3v) is 3.52. The predicted molar refractivity (Wildman–Crippen MR) is 95.0 cm³/mol. The van der Waals surface area contributed by atoms with Crippen molar-refractivity contribution in [2.45, 2.75) is 13.2 Å². The van der Waals surface area contributed by atoms with Crippen molar-refractivity contribution in [1.82, 2.24) is 0 Å². The number of amides is 2. The minimum atomic E-state index is -3.21. The highest BCUT2D eigenvalue weighted by atomic mass is 19.3. The largest absolute Gasteiger partial charge is 0.493 e. The maximum Gasteiger partial charge on any atom is 0.387 e. The first kappa shape index (κ1) is 21.3. The fraction of sp³-hybridized carbons (Fsp3) is 0.176. The minimum Gasteiger partial charge on any atom is -0.493 e. The number of anilines is 1. The standard InChI is InChI=1S/C17H15F2N3O7/c1-27-13-6-10(12(22(25)26)7-14(13)29-16(18)19)8-28-15(23)9-2-4-11(5-3-9)21-17(20)24/h2-7,16H,8H2,1H3,(H3,20,21,24). The average Bonchev–Trinajstić information content (AvgIpc) is 2.65. The Balaban J connectivity index is 2.19. The lowest BCUT2D eigenvalue weighted by atomic mass is 10.1. The Kier molecular flexibility index (Phi) is 6.85. The van der Waals surface area contributed by atoms with Crippen molar-refractivity contribution in [3.8, 4) is 11.5 Å². The number of nitro benzene ring substituents is 1. The maximum atomic E-state index is 12.5. The molecule has 0 aromatic heterocycles. The van der Waals surface area contributed by atoms with E-state index in [4.69, 9.17) is 15.2 Å². The van der Waals surface area contributed by atoms with Gasteiger partial charge in [0.1, 0.15) is 6.61 Å². The van der Waals surface area contributed by atoms with E-state index >= 15 is 0 Å². The molecule has 0 fully saturated rings. The number of ether oxygens (including phenoxy) is 3. The second-order valence-corrected chi connectivity index (χ2v) is 5.41. The molecule has 3 N–H and O–H groups in total. The Hall–Kier alpha value is -3.96. The van der Waals surface area contributed by atoms with Crippen LogP contribution in [0, 0.1) is 10.1 Å². The van der Waals surface area contributed by atoms with Crippen molar-refractivity contribution in [1.29, 1.82) is 0 Å². The Morgan fingerprint density at radius 1 is 1.21 bits per heavy atom. The Morgan fingerprint density at radius 3 is 2.38 bits per heavy atom. The van der Waals surface area contributed by atoms with Gasteiger partial charge in [0.2, 0.25) is 0 Å². The zero-order chi connectivity index (χ0) is 21.6. The van der Waals surface area contributed by atoms with Gasteiger partial charge in [0.25, 0.3) is 5.69 Å². The van der Waals surface area contributed by atoms with Gasteiger partial charge in [-0.05, 0) is 30.3 Å². The number of methoxy groups -OCH3 is 1. The van der Waals surface area contributed by atoms with E-state index in [1.54, 1.807) is 0 Å². The highest BCUT2D eigenvalue weighted by Gasteiger charge is 2.23. The van der Waals surface area contributed by atoms with Gasteiger partial charge in [0.05, 0.1) is 29.2 Å². The van der Waals surface area contributed by atoms with Crippen molar-refractivity contribution in [3.63, 3.8) is 0 Å². The number of hydrogen-bond acceptors (Lipinski definition) is 7. The smallest absolute Gasteiger partial charge is 0.387 e. The van der Waals surface area contributed by atoms with E-state index < -0.39 is 41.6 Å². The molecule has 0 saturated carbocycles. The highest BCUT2D eigenvalue weighted by molar-refractivity contribution is 5.91. The van der Waals surface area contributed by atoms with Crippen LogP contribution in [-0.2, 0) is 11.3 Å². The molecule has 0 atom stereocenters. The summed E-state index contributed by atoms with van der Waals surface area (Å²) in [5.74, 6) is -1.53. The molecular formula is C17H15F2N3O7. The number of urea groups is 1. The van der Waals surface area contributed by atoms with Gasteiger partial charge < -0.3 is 25.3 Å². The number of nitrogens with one attached hydrogen (secondary N) is 1. The van der Waals surface area contributed by atoms with Gasteiger partial charge in [-0.25, -0.2) is 9.59 Å². The Labute approximate surface area is 162 Å². The van der Waals surface area contributed by atoms with Crippen LogP contribution < -0.4 is 20.5 Å². The molecular weight excluding hydrogens is 396 g/mol. The second-order valence-electron chi connectivity index (χ2n) is 5.41. The third kappa shape index (κ3) is 5.76. The van der Waals surface area contributed by atoms with Crippen LogP contribution in [0.1, 0.15) is 15.9 Å². The monoisotopic (exact) mass is 411 g/mol. The number of nitro groups is 1. The highest BCUT2D eigenvalue weighted by Crippen LogP contribution is 2.36. The quantitative estimate of drug-likeness (QED) is 0.386. The van der Waals surface area contributed by atoms with Crippen LogP contribution in [0.15, 0.2) is 36.4 Å². The first-order valence-corrected chi connectivity index (χ1v) is 7.85. The van der Waals surface area contributed by atoms with Gasteiger partial charge >= 0.3 is 18.6 Å². The Morgan fingerprint density at radius 2 is 1.86 bits per heavy atom. The summed E-state index contributed by atoms with van der Waals surface area (Å²) in [7, 11) is 1.16. The van der Waals surface area contributed by atoms with Crippen molar-refractivity contribution in [2.24, 2.45) is 5.73 Å². The number of halogens is 2. The molecule has 0 saturated heterocycles. The van der Waals surface area contributed by atoms with Crippen LogP contribution in [0.2, 0.25) is 0 Å². The van der Waals surface area contributed by atoms with Crippen LogP contribution >= 0.6 is 0 Å². The van der Waals surface area contributed by atoms with E-state index in [1.807, 2.05) is 0 Å². The SMILES string of the molecule is COc1cc(COC(=O)c2ccc(NC(N)=O)cc2)c([N+](=O)[O-])cc1OC(F)F. The van der Waals surface area contributed by atoms with Crippen molar-refractivity contribution < 1.29 is 37.5 Å². The number of nitrogens with two attached hydrogens (primary N) is 1. The summed E-state index contributed by atoms with van der Waals surface area (Å²) in [4.78, 5) is 33.3. The minimum absolute atomic E-state index is 0.0890. The molecule has 2 rings (SSSR count). The third-order valence-electron chi connectivity index (χ3n) is 3.52. The van der Waals surface area contributed by atoms with E-state index in [0.717, 1.165) is 19.2 Å². The lowest BCUT2D eigenvalue weighted by Gasteiger charge is -2.12. The molecule has 0 radical (unpaired) electrons. The molecule has 2 aromatic carbocycles. The molecule has 2 aromatic rings. The number of hydrogen-bond donors (Lipinski definition) is 2. The summed E-state index contributed by atoms with van der Waals surface area (Å²) in [5.41, 5.74) is 4.75. The molecule has 29 heavy (non-hydrogen) atoms. The number of carbonyl (C=O) groups excluding carboxylic acids is 2. The average molecular weight is 411 g/mol. The van der Waals surface area contributed by atoms with Crippen LogP contribution in [-0.4, -0.2) is 30.6 Å². The molecule has 0 aliphatic heterocycles. The zero-order valence-corrected chi connectivity index (χ0v) is 14.9. The van der Waals surface area contributed by atoms with Gasteiger partial charge in [-0.2, -0.15) is 8.78 Å². The van der Waals surface area contributed by atoms with Gasteiger partial charge in [-0.1, -0.05) is 0 Å². The number of alkyl halides is 2. The summed E-state index contributed by atoms with van der Waals surface area (Å²) in [6.45, 7) is -3.74. The number of benzene rings is 2. The van der Waals surface area contributed by atoms with Crippen LogP contribution in [0.5, 0.6) is 11.5 Å². The summed E-state index contributed by atoms with van der Waals surface area (Å²) >= 11 is 0. The van der Waals surface area contributed by atoms with E-state index in [2.05, 4.69) is 10.1 Å². The maximum absolute atomic E-state index is 12.5. The fourth-order valence-electron chi connectivity index (χ4n) is 2.28. The van der Waals surface area contributed by atoms with Crippen LogP contribution in [0.3, 0.4) is 0 Å². The molecule has 0 heterocycles. The summed E-state index contributed by atoms with van der Waals surface area (Å²) < 4.78 is 39.1. The predicted octanol–water partition coefficient (Wildman–Crippen LogP) is 3.05. The molecule has 0 bridgehead atoms. The van der Waals surface area contributed by atoms with E-state index in [-0.39, 0.29) is 16.9 Å². The summed E-state index contributed by atoms with van der Waals surface area (Å²) in [6, 6.07) is 6.57. The molecule has 154 valence electrons. The van der Waals surface area contributed by atoms with Crippen molar-refractivity contribution in [2.75, 3.05) is 12.4 Å². The second kappa shape index (κ2) is 9.30. The van der Waals surface area contributed by atoms with Gasteiger partial charge in [0, 0.05) is 5.69 Å². The number of rotatable bonds is 8.